The number of ether oxygens (including phenoxy) is 2. The minimum Gasteiger partial charge on any atom is -0.481 e. The number of thiophene rings is 1. The van der Waals surface area contributed by atoms with Gasteiger partial charge in [0.2, 0.25) is 5.88 Å². The van der Waals surface area contributed by atoms with Gasteiger partial charge in [-0.1, -0.05) is 0 Å². The highest BCUT2D eigenvalue weighted by Gasteiger charge is 2.11. The van der Waals surface area contributed by atoms with E-state index in [0.29, 0.717) is 17.4 Å². The van der Waals surface area contributed by atoms with Crippen molar-refractivity contribution >= 4 is 27.5 Å². The third-order valence-corrected chi connectivity index (χ3v) is 3.80. The van der Waals surface area contributed by atoms with Crippen LogP contribution in [-0.2, 0) is 4.79 Å². The first-order chi connectivity index (χ1) is 10.6. The van der Waals surface area contributed by atoms with Gasteiger partial charge in [-0.15, -0.1) is 11.3 Å². The lowest BCUT2D eigenvalue weighted by Gasteiger charge is -2.11. The number of nitrogens with two attached hydrogens (primary N) is 1. The van der Waals surface area contributed by atoms with Gasteiger partial charge in [-0.2, -0.15) is 0 Å². The van der Waals surface area contributed by atoms with Gasteiger partial charge in [0.15, 0.2) is 6.10 Å². The highest BCUT2D eigenvalue weighted by Crippen LogP contribution is 2.30. The Morgan fingerprint density at radius 1 is 1.18 bits per heavy atom. The summed E-state index contributed by atoms with van der Waals surface area (Å²) in [5, 5.41) is 2.81. The van der Waals surface area contributed by atoms with Crippen LogP contribution in [0, 0.1) is 0 Å². The van der Waals surface area contributed by atoms with Gasteiger partial charge in [-0.05, 0) is 42.6 Å². The molecule has 2 N–H and O–H groups in total. The highest BCUT2D eigenvalue weighted by atomic mass is 32.1. The second kappa shape index (κ2) is 5.98. The van der Waals surface area contributed by atoms with E-state index in [4.69, 9.17) is 15.2 Å². The maximum absolute atomic E-state index is 11.0. The van der Waals surface area contributed by atoms with Crippen LogP contribution in [0.15, 0.2) is 42.0 Å². The van der Waals surface area contributed by atoms with Crippen LogP contribution in [0.4, 0.5) is 0 Å². The molecule has 0 aliphatic heterocycles. The van der Waals surface area contributed by atoms with Crippen LogP contribution in [-0.4, -0.2) is 22.0 Å². The number of carbonyl (C=O) groups is 1. The van der Waals surface area contributed by atoms with Gasteiger partial charge in [0.1, 0.15) is 22.7 Å². The largest absolute Gasteiger partial charge is 0.481 e. The summed E-state index contributed by atoms with van der Waals surface area (Å²) in [6.45, 7) is 1.60. The number of rotatable bonds is 5. The first kappa shape index (κ1) is 14.3. The smallest absolute Gasteiger partial charge is 0.258 e. The molecule has 0 saturated heterocycles. The first-order valence-corrected chi connectivity index (χ1v) is 7.43. The van der Waals surface area contributed by atoms with Crippen LogP contribution in [0.25, 0.3) is 10.2 Å². The molecule has 3 aromatic rings. The van der Waals surface area contributed by atoms with E-state index in [9.17, 15) is 4.79 Å². The molecule has 112 valence electrons. The Kier molecular flexibility index (Phi) is 3.88. The number of amides is 1. The Balaban J connectivity index is 1.76. The number of carbonyl (C=O) groups excluding carboxylic acids is 1. The fraction of sp³-hybridized carbons (Fsp3) is 0.133. The summed E-state index contributed by atoms with van der Waals surface area (Å²) >= 11 is 1.53. The van der Waals surface area contributed by atoms with Crippen molar-refractivity contribution in [1.82, 2.24) is 9.97 Å². The van der Waals surface area contributed by atoms with Gasteiger partial charge in [0, 0.05) is 0 Å². The molecule has 1 aromatic carbocycles. The summed E-state index contributed by atoms with van der Waals surface area (Å²) in [7, 11) is 0. The van der Waals surface area contributed by atoms with Crippen LogP contribution in [0.5, 0.6) is 17.4 Å². The van der Waals surface area contributed by atoms with Crippen LogP contribution in [0.2, 0.25) is 0 Å². The predicted octanol–water partition coefficient (Wildman–Crippen LogP) is 2.74. The van der Waals surface area contributed by atoms with E-state index < -0.39 is 12.0 Å². The molecule has 6 nitrogen and oxygen atoms in total. The molecular weight excluding hydrogens is 302 g/mol. The fourth-order valence-electron chi connectivity index (χ4n) is 1.81. The van der Waals surface area contributed by atoms with Crippen molar-refractivity contribution in [2.75, 3.05) is 0 Å². The molecule has 22 heavy (non-hydrogen) atoms. The molecule has 0 aliphatic carbocycles. The zero-order chi connectivity index (χ0) is 15.5. The Bertz CT molecular complexity index is 801. The Hall–Kier alpha value is -2.67. The van der Waals surface area contributed by atoms with E-state index in [1.165, 1.54) is 17.7 Å². The molecule has 2 aromatic heterocycles. The van der Waals surface area contributed by atoms with Gasteiger partial charge in [-0.3, -0.25) is 4.79 Å². The van der Waals surface area contributed by atoms with Crippen LogP contribution in [0.1, 0.15) is 6.92 Å². The second-order valence-electron chi connectivity index (χ2n) is 4.55. The SMILES string of the molecule is CC(Oc1ccc(Oc2ncnc3sccc23)cc1)C(N)=O. The van der Waals surface area contributed by atoms with Gasteiger partial charge in [0.05, 0.1) is 5.39 Å². The maximum Gasteiger partial charge on any atom is 0.258 e. The molecular formula is C15H13N3O3S. The zero-order valence-electron chi connectivity index (χ0n) is 11.7. The summed E-state index contributed by atoms with van der Waals surface area (Å²) in [5.41, 5.74) is 5.16. The quantitative estimate of drug-likeness (QED) is 0.782. The van der Waals surface area contributed by atoms with E-state index in [2.05, 4.69) is 9.97 Å². The summed E-state index contributed by atoms with van der Waals surface area (Å²) < 4.78 is 11.2. The first-order valence-electron chi connectivity index (χ1n) is 6.55. The number of primary amides is 1. The highest BCUT2D eigenvalue weighted by molar-refractivity contribution is 7.16. The van der Waals surface area contributed by atoms with Gasteiger partial charge in [0.25, 0.3) is 5.91 Å². The van der Waals surface area contributed by atoms with Crippen molar-refractivity contribution in [3.8, 4) is 17.4 Å². The number of aromatic nitrogens is 2. The van der Waals surface area contributed by atoms with E-state index in [1.807, 2.05) is 11.4 Å². The standard InChI is InChI=1S/C15H13N3O3S/c1-9(13(16)19)20-10-2-4-11(5-3-10)21-14-12-6-7-22-15(12)18-8-17-14/h2-9H,1H3,(H2,16,19). The molecule has 1 amide bonds. The molecule has 3 rings (SSSR count). The normalized spacial score (nSPS) is 12.0. The molecule has 0 radical (unpaired) electrons. The van der Waals surface area contributed by atoms with Gasteiger partial charge >= 0.3 is 0 Å². The lowest BCUT2D eigenvalue weighted by Crippen LogP contribution is -2.30. The van der Waals surface area contributed by atoms with Crippen molar-refractivity contribution in [3.05, 3.63) is 42.0 Å². The molecule has 2 heterocycles. The lowest BCUT2D eigenvalue weighted by atomic mass is 10.3. The number of nitrogens with zero attached hydrogens (tertiary/aromatic N) is 2. The molecule has 0 spiro atoms. The summed E-state index contributed by atoms with van der Waals surface area (Å²) in [6.07, 6.45) is 0.791. The van der Waals surface area contributed by atoms with E-state index >= 15 is 0 Å². The van der Waals surface area contributed by atoms with Crippen LogP contribution < -0.4 is 15.2 Å². The third kappa shape index (κ3) is 2.99. The topological polar surface area (TPSA) is 87.3 Å². The zero-order valence-corrected chi connectivity index (χ0v) is 12.5. The van der Waals surface area contributed by atoms with Crippen molar-refractivity contribution in [1.29, 1.82) is 0 Å². The van der Waals surface area contributed by atoms with Crippen molar-refractivity contribution in [2.24, 2.45) is 5.73 Å². The molecule has 0 saturated carbocycles. The average molecular weight is 315 g/mol. The van der Waals surface area contributed by atoms with Crippen molar-refractivity contribution in [3.63, 3.8) is 0 Å². The number of hydrogen-bond donors (Lipinski definition) is 1. The molecule has 1 unspecified atom stereocenters. The predicted molar refractivity (Wildman–Crippen MR) is 83.2 cm³/mol. The fourth-order valence-corrected chi connectivity index (χ4v) is 2.53. The average Bonchev–Trinajstić information content (AvgIpc) is 2.98. The summed E-state index contributed by atoms with van der Waals surface area (Å²) in [6, 6.07) is 8.82. The van der Waals surface area contributed by atoms with Crippen LogP contribution >= 0.6 is 11.3 Å². The molecule has 1 atom stereocenters. The van der Waals surface area contributed by atoms with E-state index in [0.717, 1.165) is 10.2 Å². The second-order valence-corrected chi connectivity index (χ2v) is 5.45. The summed E-state index contributed by atoms with van der Waals surface area (Å²) in [4.78, 5) is 20.2. The number of fused-ring (bicyclic) bond motifs is 1. The monoisotopic (exact) mass is 315 g/mol. The van der Waals surface area contributed by atoms with Gasteiger partial charge < -0.3 is 15.2 Å². The van der Waals surface area contributed by atoms with E-state index in [1.54, 1.807) is 31.2 Å². The molecule has 0 fully saturated rings. The minimum absolute atomic E-state index is 0.505. The molecule has 0 bridgehead atoms. The van der Waals surface area contributed by atoms with Gasteiger partial charge in [-0.25, -0.2) is 9.97 Å². The van der Waals surface area contributed by atoms with E-state index in [-0.39, 0.29) is 0 Å². The third-order valence-electron chi connectivity index (χ3n) is 2.98. The lowest BCUT2D eigenvalue weighted by molar-refractivity contribution is -0.123. The number of benzene rings is 1. The maximum atomic E-state index is 11.0. The summed E-state index contributed by atoms with van der Waals surface area (Å²) in [5.74, 6) is 1.15. The Morgan fingerprint density at radius 3 is 2.64 bits per heavy atom. The Morgan fingerprint density at radius 2 is 1.91 bits per heavy atom. The number of hydrogen-bond acceptors (Lipinski definition) is 6. The molecule has 7 heteroatoms. The van der Waals surface area contributed by atoms with Crippen molar-refractivity contribution < 1.29 is 14.3 Å². The van der Waals surface area contributed by atoms with Crippen LogP contribution in [0.3, 0.4) is 0 Å². The van der Waals surface area contributed by atoms with Crippen molar-refractivity contribution in [2.45, 2.75) is 13.0 Å². The minimum atomic E-state index is -0.681. The molecule has 0 aliphatic rings. The Labute approximate surface area is 130 Å².